The second-order valence-corrected chi connectivity index (χ2v) is 9.22. The van der Waals surface area contributed by atoms with E-state index in [0.29, 0.717) is 5.92 Å². The lowest BCUT2D eigenvalue weighted by molar-refractivity contribution is 0.0507. The van der Waals surface area contributed by atoms with Gasteiger partial charge in [0, 0.05) is 59.4 Å². The first-order valence-electron chi connectivity index (χ1n) is 10.5. The Kier molecular flexibility index (Phi) is 11.0. The lowest BCUT2D eigenvalue weighted by atomic mass is 10.1. The molecule has 0 radical (unpaired) electrons. The molecule has 2 aliphatic rings. The minimum atomic E-state index is -0.472. The van der Waals surface area contributed by atoms with Crippen molar-refractivity contribution in [3.8, 4) is 0 Å². The average Bonchev–Trinajstić information content (AvgIpc) is 3.04. The van der Waals surface area contributed by atoms with Gasteiger partial charge in [-0.15, -0.1) is 24.0 Å². The number of amides is 1. The summed E-state index contributed by atoms with van der Waals surface area (Å²) in [7, 11) is 4.01. The molecule has 0 spiro atoms. The van der Waals surface area contributed by atoms with Gasteiger partial charge >= 0.3 is 6.09 Å². The van der Waals surface area contributed by atoms with Crippen molar-refractivity contribution in [2.45, 2.75) is 45.8 Å². The fourth-order valence-corrected chi connectivity index (χ4v) is 3.68. The summed E-state index contributed by atoms with van der Waals surface area (Å²) in [4.78, 5) is 23.6. The average molecular weight is 524 g/mol. The van der Waals surface area contributed by atoms with Gasteiger partial charge in [0.25, 0.3) is 0 Å². The third kappa shape index (κ3) is 9.69. The molecule has 0 bridgehead atoms. The molecule has 1 amide bonds. The van der Waals surface area contributed by atoms with Crippen LogP contribution in [0.1, 0.15) is 34.1 Å². The van der Waals surface area contributed by atoms with Gasteiger partial charge in [-0.25, -0.2) is 4.79 Å². The number of nitrogens with zero attached hydrogens (tertiary/aromatic N) is 4. The Labute approximate surface area is 193 Å². The number of aliphatic imine (C=N–C) groups is 1. The molecule has 0 aliphatic carbocycles. The predicted octanol–water partition coefficient (Wildman–Crippen LogP) is 1.66. The summed E-state index contributed by atoms with van der Waals surface area (Å²) in [6.45, 7) is 16.2. The van der Waals surface area contributed by atoms with Crippen molar-refractivity contribution in [1.82, 2.24) is 25.3 Å². The van der Waals surface area contributed by atoms with Gasteiger partial charge < -0.3 is 30.1 Å². The van der Waals surface area contributed by atoms with Gasteiger partial charge in [0.15, 0.2) is 5.96 Å². The Morgan fingerprint density at radius 3 is 2.45 bits per heavy atom. The van der Waals surface area contributed by atoms with Gasteiger partial charge in [0.1, 0.15) is 5.60 Å². The molecule has 2 heterocycles. The van der Waals surface area contributed by atoms with E-state index in [1.165, 1.54) is 0 Å². The van der Waals surface area contributed by atoms with E-state index in [2.05, 4.69) is 44.3 Å². The van der Waals surface area contributed by atoms with Crippen LogP contribution >= 0.6 is 24.0 Å². The monoisotopic (exact) mass is 524 g/mol. The maximum atomic E-state index is 12.0. The zero-order valence-electron chi connectivity index (χ0n) is 19.0. The molecule has 2 fully saturated rings. The molecule has 2 aliphatic heterocycles. The van der Waals surface area contributed by atoms with Crippen molar-refractivity contribution >= 4 is 36.0 Å². The molecule has 0 aromatic rings. The first-order valence-corrected chi connectivity index (χ1v) is 10.5. The van der Waals surface area contributed by atoms with Crippen LogP contribution in [0.25, 0.3) is 0 Å². The number of guanidine groups is 1. The number of hydrogen-bond acceptors (Lipinski definition) is 5. The number of hydrogen-bond donors (Lipinski definition) is 2. The molecule has 0 aromatic heterocycles. The van der Waals surface area contributed by atoms with Crippen LogP contribution in [-0.2, 0) is 4.74 Å². The number of piperazine rings is 1. The highest BCUT2D eigenvalue weighted by atomic mass is 127. The van der Waals surface area contributed by atoms with Gasteiger partial charge in [-0.2, -0.15) is 0 Å². The highest BCUT2D eigenvalue weighted by Gasteiger charge is 2.28. The Morgan fingerprint density at radius 2 is 1.86 bits per heavy atom. The number of likely N-dealkylation sites (N-methyl/N-ethyl adjacent to an activating group) is 1. The number of likely N-dealkylation sites (tertiary alicyclic amines) is 1. The zero-order chi connectivity index (χ0) is 20.7. The highest BCUT2D eigenvalue weighted by molar-refractivity contribution is 14.0. The molecule has 2 unspecified atom stereocenters. The normalized spacial score (nSPS) is 22.8. The minimum Gasteiger partial charge on any atom is -0.444 e. The zero-order valence-corrected chi connectivity index (χ0v) is 21.4. The summed E-state index contributed by atoms with van der Waals surface area (Å²) in [5.74, 6) is 1.47. The van der Waals surface area contributed by atoms with Crippen LogP contribution < -0.4 is 10.6 Å². The van der Waals surface area contributed by atoms with Crippen molar-refractivity contribution in [2.24, 2.45) is 10.9 Å². The van der Waals surface area contributed by atoms with Crippen LogP contribution in [0.4, 0.5) is 4.79 Å². The van der Waals surface area contributed by atoms with Gasteiger partial charge in [-0.05, 0) is 40.2 Å². The molecular weight excluding hydrogens is 483 g/mol. The van der Waals surface area contributed by atoms with Crippen molar-refractivity contribution in [3.63, 3.8) is 0 Å². The Bertz CT molecular complexity index is 532. The fraction of sp³-hybridized carbons (Fsp3) is 0.900. The summed E-state index contributed by atoms with van der Waals surface area (Å²) in [5.41, 5.74) is -0.472. The van der Waals surface area contributed by atoms with Gasteiger partial charge in [-0.3, -0.25) is 4.99 Å². The predicted molar refractivity (Wildman–Crippen MR) is 129 cm³/mol. The Hall–Kier alpha value is -0.810. The van der Waals surface area contributed by atoms with Gasteiger partial charge in [-0.1, -0.05) is 6.92 Å². The van der Waals surface area contributed by atoms with Crippen LogP contribution in [0.3, 0.4) is 0 Å². The number of carbonyl (C=O) groups excluding carboxylic acids is 1. The first kappa shape index (κ1) is 26.2. The molecule has 2 N–H and O–H groups in total. The fourth-order valence-electron chi connectivity index (χ4n) is 3.68. The van der Waals surface area contributed by atoms with E-state index in [0.717, 1.165) is 64.7 Å². The maximum absolute atomic E-state index is 12.0. The van der Waals surface area contributed by atoms with Crippen LogP contribution in [0.15, 0.2) is 4.99 Å². The molecule has 0 saturated carbocycles. The Balaban J connectivity index is 0.00000420. The van der Waals surface area contributed by atoms with E-state index < -0.39 is 5.60 Å². The quantitative estimate of drug-likeness (QED) is 0.324. The number of carbonyl (C=O) groups is 1. The molecule has 8 nitrogen and oxygen atoms in total. The van der Waals surface area contributed by atoms with Crippen LogP contribution in [-0.4, -0.2) is 105 Å². The summed E-state index contributed by atoms with van der Waals surface area (Å²) in [6.07, 6.45) is 0.555. The van der Waals surface area contributed by atoms with Crippen LogP contribution in [0.5, 0.6) is 0 Å². The van der Waals surface area contributed by atoms with E-state index in [1.807, 2.05) is 27.8 Å². The van der Waals surface area contributed by atoms with Crippen molar-refractivity contribution in [2.75, 3.05) is 66.5 Å². The minimum absolute atomic E-state index is 0. The number of ether oxygens (including phenoxy) is 1. The standard InChI is InChI=1S/C20H40N6O2.HI/c1-16(14-25-11-9-24(6)10-12-25)13-22-18(21-5)26-8-7-17(15-26)23-19(27)28-20(2,3)4;/h16-17H,7-15H2,1-6H3,(H,21,22)(H,23,27);1H. The number of nitrogens with one attached hydrogen (secondary N) is 2. The molecule has 9 heteroatoms. The van der Waals surface area contributed by atoms with Crippen molar-refractivity contribution in [1.29, 1.82) is 0 Å². The van der Waals surface area contributed by atoms with Gasteiger partial charge in [0.05, 0.1) is 6.04 Å². The molecule has 29 heavy (non-hydrogen) atoms. The topological polar surface area (TPSA) is 72.4 Å². The number of halogens is 1. The third-order valence-electron chi connectivity index (χ3n) is 5.19. The summed E-state index contributed by atoms with van der Waals surface area (Å²) < 4.78 is 5.36. The SMILES string of the molecule is CN=C(NCC(C)CN1CCN(C)CC1)N1CCC(NC(=O)OC(C)(C)C)C1.I. The molecule has 2 saturated heterocycles. The second-order valence-electron chi connectivity index (χ2n) is 9.22. The summed E-state index contributed by atoms with van der Waals surface area (Å²) >= 11 is 0. The lowest BCUT2D eigenvalue weighted by Gasteiger charge is -2.34. The largest absolute Gasteiger partial charge is 0.444 e. The van der Waals surface area contributed by atoms with E-state index in [4.69, 9.17) is 4.74 Å². The van der Waals surface area contributed by atoms with Crippen molar-refractivity contribution < 1.29 is 9.53 Å². The second kappa shape index (κ2) is 12.1. The first-order chi connectivity index (χ1) is 13.2. The molecule has 170 valence electrons. The number of rotatable bonds is 5. The van der Waals surface area contributed by atoms with Gasteiger partial charge in [0.2, 0.25) is 0 Å². The molecule has 0 aromatic carbocycles. The molecular formula is C20H41IN6O2. The van der Waals surface area contributed by atoms with E-state index in [9.17, 15) is 4.79 Å². The lowest BCUT2D eigenvalue weighted by Crippen LogP contribution is -2.48. The Morgan fingerprint density at radius 1 is 1.21 bits per heavy atom. The van der Waals surface area contributed by atoms with Crippen LogP contribution in [0.2, 0.25) is 0 Å². The van der Waals surface area contributed by atoms with E-state index >= 15 is 0 Å². The summed E-state index contributed by atoms with van der Waals surface area (Å²) in [5, 5.41) is 6.49. The smallest absolute Gasteiger partial charge is 0.407 e. The third-order valence-corrected chi connectivity index (χ3v) is 5.19. The highest BCUT2D eigenvalue weighted by Crippen LogP contribution is 2.12. The van der Waals surface area contributed by atoms with Crippen molar-refractivity contribution in [3.05, 3.63) is 0 Å². The maximum Gasteiger partial charge on any atom is 0.407 e. The summed E-state index contributed by atoms with van der Waals surface area (Å²) in [6, 6.07) is 0.0937. The van der Waals surface area contributed by atoms with E-state index in [1.54, 1.807) is 0 Å². The molecule has 2 atom stereocenters. The van der Waals surface area contributed by atoms with E-state index in [-0.39, 0.29) is 36.1 Å². The van der Waals surface area contributed by atoms with Crippen LogP contribution in [0, 0.1) is 5.92 Å². The number of alkyl carbamates (subject to hydrolysis) is 1. The molecule has 2 rings (SSSR count).